The summed E-state index contributed by atoms with van der Waals surface area (Å²) in [4.78, 5) is 4.31. The summed E-state index contributed by atoms with van der Waals surface area (Å²) in [6, 6.07) is 6.22. The van der Waals surface area contributed by atoms with E-state index in [2.05, 4.69) is 55.5 Å². The highest BCUT2D eigenvalue weighted by molar-refractivity contribution is 14.0. The van der Waals surface area contributed by atoms with Crippen LogP contribution in [0.5, 0.6) is 5.75 Å². The van der Waals surface area contributed by atoms with Crippen molar-refractivity contribution in [3.05, 3.63) is 41.0 Å². The molecule has 1 aromatic heterocycles. The molecule has 2 aromatic rings. The quantitative estimate of drug-likeness (QED) is 0.232. The SMILES string of the molecule is CCOCCOc1cc(C)ccc1CNC(=NC)NCc1nnc2n1CCC2.I. The zero-order valence-corrected chi connectivity index (χ0v) is 19.7. The number of aryl methyl sites for hydroxylation is 2. The van der Waals surface area contributed by atoms with Gasteiger partial charge in [0.15, 0.2) is 11.8 Å². The van der Waals surface area contributed by atoms with Gasteiger partial charge in [0.05, 0.1) is 13.2 Å². The molecule has 2 heterocycles. The number of hydrogen-bond acceptors (Lipinski definition) is 5. The first-order valence-electron chi connectivity index (χ1n) is 9.86. The highest BCUT2D eigenvalue weighted by Gasteiger charge is 2.17. The lowest BCUT2D eigenvalue weighted by Crippen LogP contribution is -2.37. The van der Waals surface area contributed by atoms with Gasteiger partial charge in [-0.2, -0.15) is 0 Å². The molecule has 3 rings (SSSR count). The van der Waals surface area contributed by atoms with Crippen molar-refractivity contribution in [2.45, 2.75) is 46.3 Å². The smallest absolute Gasteiger partial charge is 0.191 e. The van der Waals surface area contributed by atoms with Gasteiger partial charge in [-0.05, 0) is 31.9 Å². The van der Waals surface area contributed by atoms with Crippen LogP contribution in [0.2, 0.25) is 0 Å². The van der Waals surface area contributed by atoms with Crippen LogP contribution in [0.15, 0.2) is 23.2 Å². The van der Waals surface area contributed by atoms with Crippen LogP contribution in [0.4, 0.5) is 0 Å². The minimum atomic E-state index is 0. The molecule has 160 valence electrons. The van der Waals surface area contributed by atoms with Crippen LogP contribution >= 0.6 is 24.0 Å². The summed E-state index contributed by atoms with van der Waals surface area (Å²) in [5.41, 5.74) is 2.24. The Hall–Kier alpha value is -1.88. The molecule has 0 fully saturated rings. The van der Waals surface area contributed by atoms with E-state index in [9.17, 15) is 0 Å². The lowest BCUT2D eigenvalue weighted by Gasteiger charge is -2.15. The molecule has 0 radical (unpaired) electrons. The van der Waals surface area contributed by atoms with Crippen molar-refractivity contribution in [2.75, 3.05) is 26.9 Å². The Morgan fingerprint density at radius 3 is 2.83 bits per heavy atom. The average Bonchev–Trinajstić information content (AvgIpc) is 3.31. The third-order valence-corrected chi connectivity index (χ3v) is 4.68. The maximum Gasteiger partial charge on any atom is 0.191 e. The molecule has 9 heteroatoms. The first-order chi connectivity index (χ1) is 13.7. The zero-order chi connectivity index (χ0) is 19.8. The molecule has 1 aliphatic rings. The minimum Gasteiger partial charge on any atom is -0.491 e. The van der Waals surface area contributed by atoms with Crippen LogP contribution in [-0.2, 0) is 30.8 Å². The monoisotopic (exact) mass is 514 g/mol. The van der Waals surface area contributed by atoms with Crippen molar-refractivity contribution in [1.29, 1.82) is 0 Å². The van der Waals surface area contributed by atoms with Crippen molar-refractivity contribution in [3.63, 3.8) is 0 Å². The molecule has 0 amide bonds. The van der Waals surface area contributed by atoms with E-state index in [-0.39, 0.29) is 24.0 Å². The second-order valence-corrected chi connectivity index (χ2v) is 6.72. The first kappa shape index (κ1) is 23.4. The van der Waals surface area contributed by atoms with E-state index < -0.39 is 0 Å². The molecule has 2 N–H and O–H groups in total. The van der Waals surface area contributed by atoms with Crippen LogP contribution in [0.3, 0.4) is 0 Å². The van der Waals surface area contributed by atoms with E-state index in [0.29, 0.717) is 32.9 Å². The van der Waals surface area contributed by atoms with Crippen LogP contribution < -0.4 is 15.4 Å². The van der Waals surface area contributed by atoms with Gasteiger partial charge >= 0.3 is 0 Å². The maximum absolute atomic E-state index is 5.91. The Morgan fingerprint density at radius 2 is 2.03 bits per heavy atom. The van der Waals surface area contributed by atoms with Gasteiger partial charge in [0.2, 0.25) is 0 Å². The molecule has 0 spiro atoms. The number of nitrogens with one attached hydrogen (secondary N) is 2. The number of rotatable bonds is 9. The number of halogens is 1. The second-order valence-electron chi connectivity index (χ2n) is 6.72. The van der Waals surface area contributed by atoms with Crippen LogP contribution in [-0.4, -0.2) is 47.6 Å². The number of hydrogen-bond donors (Lipinski definition) is 2. The molecule has 0 bridgehead atoms. The normalized spacial score (nSPS) is 13.0. The highest BCUT2D eigenvalue weighted by Crippen LogP contribution is 2.20. The fourth-order valence-electron chi connectivity index (χ4n) is 3.20. The van der Waals surface area contributed by atoms with Gasteiger partial charge in [0, 0.05) is 38.7 Å². The Morgan fingerprint density at radius 1 is 1.21 bits per heavy atom. The third kappa shape index (κ3) is 6.56. The number of ether oxygens (including phenoxy) is 2. The van der Waals surface area contributed by atoms with E-state index in [1.54, 1.807) is 7.05 Å². The number of nitrogens with zero attached hydrogens (tertiary/aromatic N) is 4. The zero-order valence-electron chi connectivity index (χ0n) is 17.4. The van der Waals surface area contributed by atoms with Gasteiger partial charge in [-0.3, -0.25) is 4.99 Å². The molecule has 0 atom stereocenters. The molecule has 0 unspecified atom stereocenters. The lowest BCUT2D eigenvalue weighted by molar-refractivity contribution is 0.110. The lowest BCUT2D eigenvalue weighted by atomic mass is 10.1. The molecule has 0 saturated carbocycles. The number of benzene rings is 1. The summed E-state index contributed by atoms with van der Waals surface area (Å²) < 4.78 is 13.5. The topological polar surface area (TPSA) is 85.6 Å². The predicted molar refractivity (Wildman–Crippen MR) is 124 cm³/mol. The second kappa shape index (κ2) is 12.0. The van der Waals surface area contributed by atoms with Crippen molar-refractivity contribution < 1.29 is 9.47 Å². The number of aliphatic imine (C=N–C) groups is 1. The summed E-state index contributed by atoms with van der Waals surface area (Å²) in [6.07, 6.45) is 2.16. The Bertz CT molecular complexity index is 808. The summed E-state index contributed by atoms with van der Waals surface area (Å²) >= 11 is 0. The fourth-order valence-corrected chi connectivity index (χ4v) is 3.20. The number of fused-ring (bicyclic) bond motifs is 1. The minimum absolute atomic E-state index is 0. The standard InChI is InChI=1S/C20H30N6O2.HI/c1-4-27-10-11-28-17-12-15(2)7-8-16(17)13-22-20(21-3)23-14-19-25-24-18-6-5-9-26(18)19;/h7-8,12H,4-6,9-11,13-14H2,1-3H3,(H2,21,22,23);1H. The number of guanidine groups is 1. The van der Waals surface area contributed by atoms with E-state index in [1.807, 2.05) is 6.92 Å². The maximum atomic E-state index is 5.91. The van der Waals surface area contributed by atoms with Crippen LogP contribution in [0.25, 0.3) is 0 Å². The molecule has 1 aromatic carbocycles. The van der Waals surface area contributed by atoms with Crippen molar-refractivity contribution >= 4 is 29.9 Å². The van der Waals surface area contributed by atoms with Gasteiger partial charge < -0.3 is 24.7 Å². The highest BCUT2D eigenvalue weighted by atomic mass is 127. The van der Waals surface area contributed by atoms with Crippen molar-refractivity contribution in [3.8, 4) is 5.75 Å². The third-order valence-electron chi connectivity index (χ3n) is 4.68. The molecule has 29 heavy (non-hydrogen) atoms. The molecule has 0 aliphatic carbocycles. The Kier molecular flexibility index (Phi) is 9.65. The number of aromatic nitrogens is 3. The predicted octanol–water partition coefficient (Wildman–Crippen LogP) is 2.43. The van der Waals surface area contributed by atoms with E-state index in [4.69, 9.17) is 9.47 Å². The van der Waals surface area contributed by atoms with Crippen LogP contribution in [0.1, 0.15) is 36.1 Å². The van der Waals surface area contributed by atoms with Crippen molar-refractivity contribution in [2.24, 2.45) is 4.99 Å². The Balaban J connectivity index is 0.00000300. The fraction of sp³-hybridized carbons (Fsp3) is 0.550. The van der Waals surface area contributed by atoms with E-state index in [0.717, 1.165) is 48.3 Å². The van der Waals surface area contributed by atoms with Gasteiger partial charge in [-0.25, -0.2) is 0 Å². The molecular weight excluding hydrogens is 483 g/mol. The van der Waals surface area contributed by atoms with Gasteiger partial charge in [0.1, 0.15) is 18.2 Å². The molecule has 1 aliphatic heterocycles. The average molecular weight is 514 g/mol. The molecule has 8 nitrogen and oxygen atoms in total. The van der Waals surface area contributed by atoms with Gasteiger partial charge in [-0.1, -0.05) is 12.1 Å². The summed E-state index contributed by atoms with van der Waals surface area (Å²) in [5, 5.41) is 15.2. The summed E-state index contributed by atoms with van der Waals surface area (Å²) in [7, 11) is 1.76. The van der Waals surface area contributed by atoms with Crippen molar-refractivity contribution in [1.82, 2.24) is 25.4 Å². The first-order valence-corrected chi connectivity index (χ1v) is 9.86. The Labute approximate surface area is 189 Å². The van der Waals surface area contributed by atoms with E-state index in [1.165, 1.54) is 5.56 Å². The van der Waals surface area contributed by atoms with Crippen LogP contribution in [0, 0.1) is 6.92 Å². The van der Waals surface area contributed by atoms with Gasteiger partial charge in [0.25, 0.3) is 0 Å². The van der Waals surface area contributed by atoms with E-state index >= 15 is 0 Å². The summed E-state index contributed by atoms with van der Waals surface area (Å²) in [5.74, 6) is 3.62. The molecule has 0 saturated heterocycles. The molecular formula is C20H31IN6O2. The summed E-state index contributed by atoms with van der Waals surface area (Å²) in [6.45, 7) is 8.07. The largest absolute Gasteiger partial charge is 0.491 e. The van der Waals surface area contributed by atoms with Gasteiger partial charge in [-0.15, -0.1) is 34.2 Å².